The molecule has 0 aliphatic rings. The summed E-state index contributed by atoms with van der Waals surface area (Å²) in [6.45, 7) is 6.18. The van der Waals surface area contributed by atoms with Crippen molar-refractivity contribution in [2.45, 2.75) is 206 Å². The number of carbonyl (C=O) groups is 2. The van der Waals surface area contributed by atoms with Gasteiger partial charge in [0.2, 0.25) is 5.91 Å². The second-order valence-corrected chi connectivity index (χ2v) is 14.8. The average molecular weight is 766 g/mol. The number of esters is 1. The Kier molecular flexibility index (Phi) is 39.9. The van der Waals surface area contributed by atoms with Gasteiger partial charge in [-0.15, -0.1) is 0 Å². The minimum absolute atomic E-state index is 0.0347. The Morgan fingerprint density at radius 3 is 1.67 bits per heavy atom. The van der Waals surface area contributed by atoms with Crippen LogP contribution in [0.25, 0.3) is 0 Å². The fraction of sp³-hybridized carbons (Fsp3) is 0.673. The van der Waals surface area contributed by atoms with Gasteiger partial charge in [0.25, 0.3) is 0 Å². The molecule has 0 heterocycles. The molecule has 0 fully saturated rings. The predicted octanol–water partition coefficient (Wildman–Crippen LogP) is 12.8. The van der Waals surface area contributed by atoms with Crippen molar-refractivity contribution in [2.24, 2.45) is 0 Å². The number of aliphatic hydroxyl groups excluding tert-OH is 2. The van der Waals surface area contributed by atoms with E-state index in [9.17, 15) is 19.8 Å². The Bertz CT molecular complexity index is 1080. The van der Waals surface area contributed by atoms with Crippen LogP contribution in [0.1, 0.15) is 188 Å². The molecule has 1 amide bonds. The highest BCUT2D eigenvalue weighted by Crippen LogP contribution is 2.17. The van der Waals surface area contributed by atoms with Gasteiger partial charge in [0.1, 0.15) is 6.10 Å². The molecular weight excluding hydrogens is 683 g/mol. The van der Waals surface area contributed by atoms with Crippen molar-refractivity contribution in [1.82, 2.24) is 5.32 Å². The quantitative estimate of drug-likeness (QED) is 0.0252. The highest BCUT2D eigenvalue weighted by Gasteiger charge is 2.24. The second-order valence-electron chi connectivity index (χ2n) is 14.8. The van der Waals surface area contributed by atoms with Crippen molar-refractivity contribution < 1.29 is 24.5 Å². The molecule has 0 rings (SSSR count). The van der Waals surface area contributed by atoms with Crippen molar-refractivity contribution in [2.75, 3.05) is 6.61 Å². The second kappa shape index (κ2) is 42.2. The lowest BCUT2D eigenvalue weighted by Crippen LogP contribution is -2.46. The van der Waals surface area contributed by atoms with Crippen LogP contribution >= 0.6 is 0 Å². The van der Waals surface area contributed by atoms with Crippen molar-refractivity contribution in [3.63, 3.8) is 0 Å². The number of allylic oxidation sites excluding steroid dienone is 14. The molecule has 6 heteroatoms. The molecule has 0 aromatic carbocycles. The fourth-order valence-electron chi connectivity index (χ4n) is 6.26. The number of hydrogen-bond acceptors (Lipinski definition) is 5. The van der Waals surface area contributed by atoms with E-state index in [-0.39, 0.29) is 24.9 Å². The first kappa shape index (κ1) is 52.0. The van der Waals surface area contributed by atoms with Crippen LogP contribution in [0, 0.1) is 0 Å². The van der Waals surface area contributed by atoms with E-state index in [2.05, 4.69) is 56.5 Å². The number of unbranched alkanes of at least 4 members (excludes halogenated alkanes) is 16. The first-order valence-corrected chi connectivity index (χ1v) is 22.4. The summed E-state index contributed by atoms with van der Waals surface area (Å²) in [7, 11) is 0. The average Bonchev–Trinajstić information content (AvgIpc) is 3.18. The van der Waals surface area contributed by atoms with Crippen LogP contribution in [0.2, 0.25) is 0 Å². The van der Waals surface area contributed by atoms with E-state index in [1.54, 1.807) is 0 Å². The van der Waals surface area contributed by atoms with Crippen LogP contribution in [-0.2, 0) is 14.3 Å². The highest BCUT2D eigenvalue weighted by atomic mass is 16.5. The van der Waals surface area contributed by atoms with E-state index in [4.69, 9.17) is 4.74 Å². The predicted molar refractivity (Wildman–Crippen MR) is 236 cm³/mol. The summed E-state index contributed by atoms with van der Waals surface area (Å²) in [5, 5.41) is 23.6. The molecule has 3 atom stereocenters. The smallest absolute Gasteiger partial charge is 0.306 e. The van der Waals surface area contributed by atoms with Gasteiger partial charge in [0.15, 0.2) is 0 Å². The number of rotatable bonds is 38. The number of carbonyl (C=O) groups excluding carboxylic acids is 2. The molecule has 3 unspecified atom stereocenters. The zero-order valence-corrected chi connectivity index (χ0v) is 35.5. The molecule has 0 radical (unpaired) electrons. The summed E-state index contributed by atoms with van der Waals surface area (Å²) in [6, 6.07) is -0.723. The van der Waals surface area contributed by atoms with Crippen LogP contribution in [0.3, 0.4) is 0 Å². The maximum atomic E-state index is 13.1. The number of aliphatic hydroxyl groups is 2. The van der Waals surface area contributed by atoms with Crippen LogP contribution < -0.4 is 5.32 Å². The molecule has 0 aromatic heterocycles. The molecule has 6 nitrogen and oxygen atoms in total. The molecule has 314 valence electrons. The van der Waals surface area contributed by atoms with Gasteiger partial charge in [-0.25, -0.2) is 0 Å². The molecule has 0 aliphatic carbocycles. The minimum Gasteiger partial charge on any atom is -0.462 e. The topological polar surface area (TPSA) is 95.9 Å². The van der Waals surface area contributed by atoms with Gasteiger partial charge >= 0.3 is 5.97 Å². The molecule has 0 bridgehead atoms. The number of nitrogens with one attached hydrogen (secondary N) is 1. The third-order valence-corrected chi connectivity index (χ3v) is 9.60. The summed E-state index contributed by atoms with van der Waals surface area (Å²) < 4.78 is 5.85. The molecular formula is C49H83NO5. The SMILES string of the molecule is CC/C=C/C=C/C=C\C=C/C=C/CCCC(=O)OC(CCCCCCC/C=C/C/C=C/CC)CC(=O)NC(CO)C(O)CCCCCCCCCCCCC. The van der Waals surface area contributed by atoms with Crippen molar-refractivity contribution in [3.05, 3.63) is 85.1 Å². The zero-order valence-electron chi connectivity index (χ0n) is 35.5. The van der Waals surface area contributed by atoms with Gasteiger partial charge in [-0.05, 0) is 64.2 Å². The molecule has 0 aliphatic heterocycles. The van der Waals surface area contributed by atoms with Crippen molar-refractivity contribution >= 4 is 11.9 Å². The fourth-order valence-corrected chi connectivity index (χ4v) is 6.26. The normalized spacial score (nSPS) is 14.2. The summed E-state index contributed by atoms with van der Waals surface area (Å²) in [5.41, 5.74) is 0. The van der Waals surface area contributed by atoms with E-state index in [1.165, 1.54) is 51.4 Å². The molecule has 3 N–H and O–H groups in total. The van der Waals surface area contributed by atoms with Gasteiger partial charge in [0.05, 0.1) is 25.2 Å². The van der Waals surface area contributed by atoms with Gasteiger partial charge < -0.3 is 20.3 Å². The number of ether oxygens (including phenoxy) is 1. The Morgan fingerprint density at radius 1 is 0.564 bits per heavy atom. The Hall–Kier alpha value is -2.96. The molecule has 0 aromatic rings. The van der Waals surface area contributed by atoms with E-state index >= 15 is 0 Å². The molecule has 0 spiro atoms. The monoisotopic (exact) mass is 766 g/mol. The van der Waals surface area contributed by atoms with Gasteiger partial charge in [-0.2, -0.15) is 0 Å². The Morgan fingerprint density at radius 2 is 1.07 bits per heavy atom. The lowest BCUT2D eigenvalue weighted by molar-refractivity contribution is -0.151. The van der Waals surface area contributed by atoms with Crippen LogP contribution in [-0.4, -0.2) is 46.9 Å². The number of amides is 1. The van der Waals surface area contributed by atoms with Crippen molar-refractivity contribution in [3.8, 4) is 0 Å². The van der Waals surface area contributed by atoms with E-state index in [0.29, 0.717) is 25.7 Å². The van der Waals surface area contributed by atoms with E-state index in [1.807, 2.05) is 54.7 Å². The zero-order chi connectivity index (χ0) is 40.3. The van der Waals surface area contributed by atoms with Crippen molar-refractivity contribution in [1.29, 1.82) is 0 Å². The van der Waals surface area contributed by atoms with Gasteiger partial charge in [-0.1, -0.05) is 196 Å². The standard InChI is InChI=1S/C49H83NO5/c1-4-7-10-13-16-19-22-24-27-30-33-36-39-42-49(54)55-45(40-37-34-31-28-26-23-20-17-14-11-8-5-2)43-48(53)50-46(44-51)47(52)41-38-35-32-29-25-21-18-15-12-9-6-3/h7-8,10-11,13,16-17,19-20,22,24,27,30,33,45-47,51-52H,4-6,9,12,14-15,18,21,23,25-26,28-29,31-32,34-44H2,1-3H3,(H,50,53)/b10-7+,11-8+,16-13+,20-17+,22-19-,27-24-,33-30+. The third kappa shape index (κ3) is 37.7. The Labute approximate surface area is 338 Å². The summed E-state index contributed by atoms with van der Waals surface area (Å²) in [5.74, 6) is -0.587. The van der Waals surface area contributed by atoms with Crippen LogP contribution in [0.4, 0.5) is 0 Å². The maximum Gasteiger partial charge on any atom is 0.306 e. The third-order valence-electron chi connectivity index (χ3n) is 9.60. The summed E-state index contributed by atoms with van der Waals surface area (Å²) in [6.07, 6.45) is 53.6. The molecule has 55 heavy (non-hydrogen) atoms. The summed E-state index contributed by atoms with van der Waals surface area (Å²) >= 11 is 0. The lowest BCUT2D eigenvalue weighted by Gasteiger charge is -2.24. The molecule has 0 saturated carbocycles. The van der Waals surface area contributed by atoms with E-state index < -0.39 is 18.2 Å². The molecule has 0 saturated heterocycles. The van der Waals surface area contributed by atoms with E-state index in [0.717, 1.165) is 83.5 Å². The van der Waals surface area contributed by atoms with Crippen LogP contribution in [0.5, 0.6) is 0 Å². The van der Waals surface area contributed by atoms with Gasteiger partial charge in [0, 0.05) is 6.42 Å². The maximum absolute atomic E-state index is 13.1. The Balaban J connectivity index is 4.76. The summed E-state index contributed by atoms with van der Waals surface area (Å²) in [4.78, 5) is 25.9. The van der Waals surface area contributed by atoms with Crippen LogP contribution in [0.15, 0.2) is 85.1 Å². The largest absolute Gasteiger partial charge is 0.462 e. The number of hydrogen-bond donors (Lipinski definition) is 3. The first-order valence-electron chi connectivity index (χ1n) is 22.4. The highest BCUT2D eigenvalue weighted by molar-refractivity contribution is 5.77. The first-order chi connectivity index (χ1) is 27.0. The minimum atomic E-state index is -0.806. The lowest BCUT2D eigenvalue weighted by atomic mass is 10.0. The van der Waals surface area contributed by atoms with Gasteiger partial charge in [-0.3, -0.25) is 9.59 Å².